The number of hydrogen-bond acceptors (Lipinski definition) is 3. The predicted molar refractivity (Wildman–Crippen MR) is 131 cm³/mol. The number of nitrogens with zero attached hydrogens (tertiary/aromatic N) is 2. The number of benzene rings is 3. The maximum atomic E-state index is 13.6. The second-order valence-corrected chi connectivity index (χ2v) is 9.44. The standard InChI is InChI=1S/C26H25ClN2OS/c1-16-12-18(3)21(19(4)13-16)14-23(30)29(15-20-8-6-5-7-9-20)26-28-24-17(2)10-11-22(27)25(24)31-26/h5-13H,14-15H2,1-4H3. The van der Waals surface area contributed by atoms with Gasteiger partial charge in [-0.1, -0.05) is 77.0 Å². The highest BCUT2D eigenvalue weighted by Gasteiger charge is 2.23. The summed E-state index contributed by atoms with van der Waals surface area (Å²) in [5.41, 5.74) is 7.57. The van der Waals surface area contributed by atoms with Gasteiger partial charge in [-0.05, 0) is 61.6 Å². The number of thiazole rings is 1. The Morgan fingerprint density at radius 1 is 0.968 bits per heavy atom. The van der Waals surface area contributed by atoms with E-state index in [2.05, 4.69) is 32.9 Å². The molecule has 0 unspecified atom stereocenters. The van der Waals surface area contributed by atoms with Gasteiger partial charge in [-0.3, -0.25) is 9.69 Å². The molecule has 0 aliphatic rings. The number of hydrogen-bond donors (Lipinski definition) is 0. The van der Waals surface area contributed by atoms with Crippen LogP contribution < -0.4 is 4.90 Å². The molecule has 158 valence electrons. The van der Waals surface area contributed by atoms with Crippen molar-refractivity contribution in [3.05, 3.63) is 93.0 Å². The molecular formula is C26H25ClN2OS. The lowest BCUT2D eigenvalue weighted by Crippen LogP contribution is -2.32. The first-order valence-corrected chi connectivity index (χ1v) is 11.5. The van der Waals surface area contributed by atoms with Gasteiger partial charge in [0.25, 0.3) is 0 Å². The number of carbonyl (C=O) groups excluding carboxylic acids is 1. The minimum absolute atomic E-state index is 0.0340. The number of carbonyl (C=O) groups is 1. The fourth-order valence-corrected chi connectivity index (χ4v) is 5.30. The van der Waals surface area contributed by atoms with Gasteiger partial charge in [-0.15, -0.1) is 0 Å². The summed E-state index contributed by atoms with van der Waals surface area (Å²) in [7, 11) is 0. The average molecular weight is 449 g/mol. The zero-order valence-corrected chi connectivity index (χ0v) is 19.8. The summed E-state index contributed by atoms with van der Waals surface area (Å²) < 4.78 is 0.922. The Morgan fingerprint density at radius 2 is 1.65 bits per heavy atom. The number of amides is 1. The van der Waals surface area contributed by atoms with Gasteiger partial charge < -0.3 is 0 Å². The van der Waals surface area contributed by atoms with Gasteiger partial charge in [0.1, 0.15) is 0 Å². The van der Waals surface area contributed by atoms with E-state index < -0.39 is 0 Å². The van der Waals surface area contributed by atoms with Crippen molar-refractivity contribution in [3.63, 3.8) is 0 Å². The van der Waals surface area contributed by atoms with Crippen LogP contribution in [-0.4, -0.2) is 10.9 Å². The molecule has 4 rings (SSSR count). The lowest BCUT2D eigenvalue weighted by atomic mass is 9.97. The van der Waals surface area contributed by atoms with Crippen molar-refractivity contribution in [3.8, 4) is 0 Å². The van der Waals surface area contributed by atoms with Crippen LogP contribution in [0.1, 0.15) is 33.4 Å². The molecule has 0 bridgehead atoms. The van der Waals surface area contributed by atoms with Crippen molar-refractivity contribution >= 4 is 44.2 Å². The quantitative estimate of drug-likeness (QED) is 0.330. The van der Waals surface area contributed by atoms with E-state index in [0.717, 1.165) is 38.0 Å². The van der Waals surface area contributed by atoms with Crippen LogP contribution in [0.3, 0.4) is 0 Å². The number of anilines is 1. The molecule has 0 fully saturated rings. The topological polar surface area (TPSA) is 33.2 Å². The first-order valence-electron chi connectivity index (χ1n) is 10.3. The molecule has 4 aromatic rings. The maximum Gasteiger partial charge on any atom is 0.233 e. The number of aryl methyl sites for hydroxylation is 4. The van der Waals surface area contributed by atoms with Gasteiger partial charge in [0.05, 0.1) is 28.2 Å². The van der Waals surface area contributed by atoms with Crippen LogP contribution >= 0.6 is 22.9 Å². The second-order valence-electron chi connectivity index (χ2n) is 8.06. The van der Waals surface area contributed by atoms with Crippen LogP contribution in [-0.2, 0) is 17.8 Å². The van der Waals surface area contributed by atoms with Gasteiger partial charge in [-0.25, -0.2) is 4.98 Å². The number of halogens is 1. The Bertz CT molecular complexity index is 1200. The van der Waals surface area contributed by atoms with E-state index >= 15 is 0 Å². The van der Waals surface area contributed by atoms with Gasteiger partial charge in [0.15, 0.2) is 5.13 Å². The summed E-state index contributed by atoms with van der Waals surface area (Å²) in [5, 5.41) is 1.35. The summed E-state index contributed by atoms with van der Waals surface area (Å²) in [6, 6.07) is 18.2. The second kappa shape index (κ2) is 8.81. The molecule has 3 nitrogen and oxygen atoms in total. The van der Waals surface area contributed by atoms with Crippen molar-refractivity contribution in [1.82, 2.24) is 4.98 Å². The van der Waals surface area contributed by atoms with E-state index in [9.17, 15) is 4.79 Å². The minimum Gasteiger partial charge on any atom is -0.283 e. The van der Waals surface area contributed by atoms with Crippen LogP contribution in [0.4, 0.5) is 5.13 Å². The van der Waals surface area contributed by atoms with E-state index in [4.69, 9.17) is 16.6 Å². The Kier molecular flexibility index (Phi) is 6.12. The molecule has 1 amide bonds. The van der Waals surface area contributed by atoms with Crippen LogP contribution in [0.2, 0.25) is 5.02 Å². The SMILES string of the molecule is Cc1cc(C)c(CC(=O)N(Cc2ccccc2)c2nc3c(C)ccc(Cl)c3s2)c(C)c1. The molecule has 0 saturated heterocycles. The highest BCUT2D eigenvalue weighted by Crippen LogP contribution is 2.36. The van der Waals surface area contributed by atoms with Crippen LogP contribution in [0.15, 0.2) is 54.6 Å². The third kappa shape index (κ3) is 4.51. The fourth-order valence-electron chi connectivity index (χ4n) is 3.97. The highest BCUT2D eigenvalue weighted by atomic mass is 35.5. The van der Waals surface area contributed by atoms with Gasteiger partial charge in [0.2, 0.25) is 5.91 Å². The zero-order valence-electron chi connectivity index (χ0n) is 18.2. The predicted octanol–water partition coefficient (Wildman–Crippen LogP) is 6.96. The summed E-state index contributed by atoms with van der Waals surface area (Å²) in [4.78, 5) is 20.2. The summed E-state index contributed by atoms with van der Waals surface area (Å²) in [5.74, 6) is 0.0340. The van der Waals surface area contributed by atoms with Crippen molar-refractivity contribution in [2.45, 2.75) is 40.7 Å². The highest BCUT2D eigenvalue weighted by molar-refractivity contribution is 7.23. The van der Waals surface area contributed by atoms with Crippen LogP contribution in [0, 0.1) is 27.7 Å². The lowest BCUT2D eigenvalue weighted by Gasteiger charge is -2.21. The number of aromatic nitrogens is 1. The molecule has 0 radical (unpaired) electrons. The smallest absolute Gasteiger partial charge is 0.233 e. The molecule has 0 spiro atoms. The van der Waals surface area contributed by atoms with Gasteiger partial charge in [-0.2, -0.15) is 0 Å². The Hall–Kier alpha value is -2.69. The van der Waals surface area contributed by atoms with E-state index in [1.54, 1.807) is 4.90 Å². The molecular weight excluding hydrogens is 424 g/mol. The maximum absolute atomic E-state index is 13.6. The number of rotatable bonds is 5. The lowest BCUT2D eigenvalue weighted by molar-refractivity contribution is -0.118. The van der Waals surface area contributed by atoms with E-state index in [-0.39, 0.29) is 5.91 Å². The average Bonchev–Trinajstić information content (AvgIpc) is 3.19. The van der Waals surface area contributed by atoms with Crippen molar-refractivity contribution in [1.29, 1.82) is 0 Å². The van der Waals surface area contributed by atoms with E-state index in [1.165, 1.54) is 16.9 Å². The Labute approximate surface area is 192 Å². The van der Waals surface area contributed by atoms with Crippen molar-refractivity contribution in [2.24, 2.45) is 0 Å². The largest absolute Gasteiger partial charge is 0.283 e. The van der Waals surface area contributed by atoms with E-state index in [1.807, 2.05) is 49.4 Å². The Balaban J connectivity index is 1.75. The summed E-state index contributed by atoms with van der Waals surface area (Å²) in [6.07, 6.45) is 0.341. The Morgan fingerprint density at radius 3 is 2.29 bits per heavy atom. The molecule has 0 saturated carbocycles. The molecule has 0 N–H and O–H groups in total. The number of fused-ring (bicyclic) bond motifs is 1. The van der Waals surface area contributed by atoms with Crippen molar-refractivity contribution < 1.29 is 4.79 Å². The van der Waals surface area contributed by atoms with Crippen LogP contribution in [0.5, 0.6) is 0 Å². The van der Waals surface area contributed by atoms with E-state index in [0.29, 0.717) is 23.1 Å². The normalized spacial score (nSPS) is 11.1. The fraction of sp³-hybridized carbons (Fsp3) is 0.231. The minimum atomic E-state index is 0.0340. The summed E-state index contributed by atoms with van der Waals surface area (Å²) in [6.45, 7) is 8.72. The summed E-state index contributed by atoms with van der Waals surface area (Å²) >= 11 is 7.92. The van der Waals surface area contributed by atoms with Gasteiger partial charge in [0, 0.05) is 0 Å². The monoisotopic (exact) mass is 448 g/mol. The third-order valence-electron chi connectivity index (χ3n) is 5.57. The molecule has 1 aromatic heterocycles. The first kappa shape index (κ1) is 21.5. The first-order chi connectivity index (χ1) is 14.8. The molecule has 31 heavy (non-hydrogen) atoms. The van der Waals surface area contributed by atoms with Crippen molar-refractivity contribution in [2.75, 3.05) is 4.90 Å². The molecule has 0 aliphatic heterocycles. The van der Waals surface area contributed by atoms with Gasteiger partial charge >= 0.3 is 0 Å². The molecule has 1 heterocycles. The molecule has 3 aromatic carbocycles. The zero-order chi connectivity index (χ0) is 22.1. The molecule has 5 heteroatoms. The third-order valence-corrected chi connectivity index (χ3v) is 7.11. The molecule has 0 aliphatic carbocycles. The molecule has 0 atom stereocenters. The van der Waals surface area contributed by atoms with Crippen LogP contribution in [0.25, 0.3) is 10.2 Å².